The molecule has 1 aliphatic carbocycles. The van der Waals surface area contributed by atoms with Crippen LogP contribution < -0.4 is 5.32 Å². The van der Waals surface area contributed by atoms with Gasteiger partial charge in [0.05, 0.1) is 11.4 Å². The molecule has 0 unspecified atom stereocenters. The van der Waals surface area contributed by atoms with E-state index in [0.29, 0.717) is 6.04 Å². The van der Waals surface area contributed by atoms with Crippen molar-refractivity contribution < 1.29 is 0 Å². The van der Waals surface area contributed by atoms with Crippen LogP contribution in [0.2, 0.25) is 0 Å². The van der Waals surface area contributed by atoms with Crippen LogP contribution in [0.5, 0.6) is 0 Å². The molecule has 1 N–H and O–H groups in total. The summed E-state index contributed by atoms with van der Waals surface area (Å²) in [6.07, 6.45) is 8.97. The molecular formula is C22H27N5. The Labute approximate surface area is 160 Å². The molecule has 3 heterocycles. The average Bonchev–Trinajstić information content (AvgIpc) is 3.29. The van der Waals surface area contributed by atoms with Gasteiger partial charge in [0.15, 0.2) is 5.82 Å². The Morgan fingerprint density at radius 1 is 1.07 bits per heavy atom. The van der Waals surface area contributed by atoms with Crippen LogP contribution >= 0.6 is 0 Å². The minimum absolute atomic E-state index is 0.621. The normalized spacial score (nSPS) is 14.8. The fourth-order valence-electron chi connectivity index (χ4n) is 3.88. The number of aromatic nitrogens is 4. The van der Waals surface area contributed by atoms with Crippen molar-refractivity contribution in [3.8, 4) is 17.1 Å². The van der Waals surface area contributed by atoms with Gasteiger partial charge in [-0.05, 0) is 57.4 Å². The summed E-state index contributed by atoms with van der Waals surface area (Å²) in [6.45, 7) is 7.03. The molecule has 140 valence electrons. The quantitative estimate of drug-likeness (QED) is 0.737. The molecule has 1 aliphatic rings. The van der Waals surface area contributed by atoms with Crippen LogP contribution in [-0.4, -0.2) is 25.8 Å². The van der Waals surface area contributed by atoms with E-state index < -0.39 is 0 Å². The van der Waals surface area contributed by atoms with Gasteiger partial charge in [0, 0.05) is 41.8 Å². The first-order valence-electron chi connectivity index (χ1n) is 9.80. The van der Waals surface area contributed by atoms with Crippen molar-refractivity contribution >= 4 is 0 Å². The van der Waals surface area contributed by atoms with E-state index in [0.717, 1.165) is 40.6 Å². The third-order valence-corrected chi connectivity index (χ3v) is 5.50. The van der Waals surface area contributed by atoms with Crippen molar-refractivity contribution in [1.82, 2.24) is 25.1 Å². The number of nitrogens with one attached hydrogen (secondary N) is 1. The Bertz CT molecular complexity index is 920. The summed E-state index contributed by atoms with van der Waals surface area (Å²) in [5, 5.41) is 8.66. The predicted octanol–water partition coefficient (Wildman–Crippen LogP) is 4.29. The Kier molecular flexibility index (Phi) is 5.03. The summed E-state index contributed by atoms with van der Waals surface area (Å²) < 4.78 is 1.99. The molecule has 0 saturated heterocycles. The molecule has 5 heteroatoms. The second-order valence-corrected chi connectivity index (χ2v) is 7.53. The second-order valence-electron chi connectivity index (χ2n) is 7.53. The zero-order valence-corrected chi connectivity index (χ0v) is 16.4. The number of hydrogen-bond acceptors (Lipinski definition) is 4. The molecule has 3 aromatic rings. The van der Waals surface area contributed by atoms with Crippen molar-refractivity contribution in [2.45, 2.75) is 59.0 Å². The van der Waals surface area contributed by atoms with E-state index in [9.17, 15) is 0 Å². The van der Waals surface area contributed by atoms with E-state index in [2.05, 4.69) is 41.3 Å². The highest BCUT2D eigenvalue weighted by Crippen LogP contribution is 2.29. The smallest absolute Gasteiger partial charge is 0.156 e. The lowest BCUT2D eigenvalue weighted by Gasteiger charge is -2.10. The average molecular weight is 361 g/mol. The van der Waals surface area contributed by atoms with Crippen LogP contribution in [0.25, 0.3) is 17.1 Å². The second kappa shape index (κ2) is 7.61. The third kappa shape index (κ3) is 3.65. The molecule has 0 radical (unpaired) electrons. The Morgan fingerprint density at radius 2 is 1.89 bits per heavy atom. The highest BCUT2D eigenvalue weighted by molar-refractivity contribution is 5.66. The number of hydrogen-bond donors (Lipinski definition) is 1. The van der Waals surface area contributed by atoms with E-state index in [-0.39, 0.29) is 0 Å². The molecule has 5 nitrogen and oxygen atoms in total. The SMILES string of the molecule is Cc1ccc(-c2c(C)c(CNC3CCCC3)nn2-c2ncccc2C)cn1. The minimum Gasteiger partial charge on any atom is -0.308 e. The summed E-state index contributed by atoms with van der Waals surface area (Å²) in [5.41, 5.74) is 6.55. The first kappa shape index (κ1) is 17.9. The molecule has 1 fully saturated rings. The van der Waals surface area contributed by atoms with Crippen LogP contribution in [0, 0.1) is 20.8 Å². The maximum atomic E-state index is 4.96. The number of nitrogens with zero attached hydrogens (tertiary/aromatic N) is 4. The zero-order valence-electron chi connectivity index (χ0n) is 16.4. The van der Waals surface area contributed by atoms with Gasteiger partial charge in [-0.3, -0.25) is 4.98 Å². The minimum atomic E-state index is 0.621. The summed E-state index contributed by atoms with van der Waals surface area (Å²) in [5.74, 6) is 0.878. The molecule has 0 aliphatic heterocycles. The largest absolute Gasteiger partial charge is 0.308 e. The molecule has 0 amide bonds. The molecule has 0 atom stereocenters. The van der Waals surface area contributed by atoms with E-state index in [1.807, 2.05) is 36.1 Å². The van der Waals surface area contributed by atoms with Crippen LogP contribution in [0.15, 0.2) is 36.7 Å². The predicted molar refractivity (Wildman–Crippen MR) is 108 cm³/mol. The molecule has 27 heavy (non-hydrogen) atoms. The number of rotatable bonds is 5. The van der Waals surface area contributed by atoms with Crippen molar-refractivity contribution in [3.05, 3.63) is 59.2 Å². The molecular weight excluding hydrogens is 334 g/mol. The van der Waals surface area contributed by atoms with Crippen molar-refractivity contribution in [2.75, 3.05) is 0 Å². The van der Waals surface area contributed by atoms with Gasteiger partial charge < -0.3 is 5.32 Å². The van der Waals surface area contributed by atoms with Crippen LogP contribution in [0.3, 0.4) is 0 Å². The van der Waals surface area contributed by atoms with E-state index in [1.54, 1.807) is 0 Å². The Balaban J connectivity index is 1.76. The summed E-state index contributed by atoms with van der Waals surface area (Å²) in [4.78, 5) is 9.10. The highest BCUT2D eigenvalue weighted by atomic mass is 15.3. The van der Waals surface area contributed by atoms with Gasteiger partial charge in [-0.1, -0.05) is 18.9 Å². The Hall–Kier alpha value is -2.53. The lowest BCUT2D eigenvalue weighted by Crippen LogP contribution is -2.25. The van der Waals surface area contributed by atoms with Crippen molar-refractivity contribution in [3.63, 3.8) is 0 Å². The summed E-state index contributed by atoms with van der Waals surface area (Å²) >= 11 is 0. The van der Waals surface area contributed by atoms with Crippen LogP contribution in [0.1, 0.15) is 48.2 Å². The first-order valence-corrected chi connectivity index (χ1v) is 9.80. The molecule has 0 aromatic carbocycles. The van der Waals surface area contributed by atoms with Gasteiger partial charge in [0.2, 0.25) is 0 Å². The summed E-state index contributed by atoms with van der Waals surface area (Å²) in [6, 6.07) is 8.83. The molecule has 0 bridgehead atoms. The monoisotopic (exact) mass is 361 g/mol. The molecule has 3 aromatic heterocycles. The van der Waals surface area contributed by atoms with Crippen molar-refractivity contribution in [2.24, 2.45) is 0 Å². The fraction of sp³-hybridized carbons (Fsp3) is 0.409. The third-order valence-electron chi connectivity index (χ3n) is 5.50. The standard InChI is InChI=1S/C22H27N5/c1-15-7-6-12-23-22(15)27-21(18-11-10-16(2)24-13-18)17(3)20(26-27)14-25-19-8-4-5-9-19/h6-7,10-13,19,25H,4-5,8-9,14H2,1-3H3. The van der Waals surface area contributed by atoms with Crippen LogP contribution in [0.4, 0.5) is 0 Å². The number of pyridine rings is 2. The number of aryl methyl sites for hydroxylation is 2. The van der Waals surface area contributed by atoms with E-state index in [4.69, 9.17) is 5.10 Å². The molecule has 1 saturated carbocycles. The molecule has 4 rings (SSSR count). The Morgan fingerprint density at radius 3 is 2.59 bits per heavy atom. The lowest BCUT2D eigenvalue weighted by molar-refractivity contribution is 0.516. The van der Waals surface area contributed by atoms with Gasteiger partial charge in [-0.2, -0.15) is 5.10 Å². The van der Waals surface area contributed by atoms with E-state index in [1.165, 1.54) is 31.2 Å². The topological polar surface area (TPSA) is 55.6 Å². The molecule has 0 spiro atoms. The maximum absolute atomic E-state index is 4.96. The highest BCUT2D eigenvalue weighted by Gasteiger charge is 2.21. The maximum Gasteiger partial charge on any atom is 0.156 e. The zero-order chi connectivity index (χ0) is 18.8. The van der Waals surface area contributed by atoms with Gasteiger partial charge in [-0.25, -0.2) is 9.67 Å². The van der Waals surface area contributed by atoms with E-state index >= 15 is 0 Å². The van der Waals surface area contributed by atoms with Gasteiger partial charge in [-0.15, -0.1) is 0 Å². The first-order chi connectivity index (χ1) is 13.1. The lowest BCUT2D eigenvalue weighted by atomic mass is 10.1. The van der Waals surface area contributed by atoms with Gasteiger partial charge in [0.1, 0.15) is 0 Å². The van der Waals surface area contributed by atoms with Crippen LogP contribution in [-0.2, 0) is 6.54 Å². The van der Waals surface area contributed by atoms with Gasteiger partial charge in [0.25, 0.3) is 0 Å². The fourth-order valence-corrected chi connectivity index (χ4v) is 3.88. The van der Waals surface area contributed by atoms with Gasteiger partial charge >= 0.3 is 0 Å². The van der Waals surface area contributed by atoms with Crippen molar-refractivity contribution in [1.29, 1.82) is 0 Å². The summed E-state index contributed by atoms with van der Waals surface area (Å²) in [7, 11) is 0.